The van der Waals surface area contributed by atoms with Gasteiger partial charge in [0.2, 0.25) is 11.8 Å². The van der Waals surface area contributed by atoms with Gasteiger partial charge in [-0.25, -0.2) is 0 Å². The van der Waals surface area contributed by atoms with Crippen molar-refractivity contribution in [1.82, 2.24) is 4.90 Å². The van der Waals surface area contributed by atoms with E-state index in [2.05, 4.69) is 15.9 Å². The summed E-state index contributed by atoms with van der Waals surface area (Å²) >= 11 is 3.38. The van der Waals surface area contributed by atoms with Crippen molar-refractivity contribution in [2.24, 2.45) is 23.5 Å². The van der Waals surface area contributed by atoms with Crippen LogP contribution >= 0.6 is 15.9 Å². The Morgan fingerprint density at radius 3 is 2.44 bits per heavy atom. The van der Waals surface area contributed by atoms with Crippen molar-refractivity contribution in [3.8, 4) is 0 Å². The van der Waals surface area contributed by atoms with E-state index in [-0.39, 0.29) is 29.6 Å². The Bertz CT molecular complexity index is 509. The number of hydrogen-bond acceptors (Lipinski definition) is 3. The number of nitrogens with two attached hydrogens (primary N) is 1. The molecule has 2 unspecified atom stereocenters. The lowest BCUT2D eigenvalue weighted by molar-refractivity contribution is -0.142. The molecule has 1 heterocycles. The molecule has 1 saturated heterocycles. The fourth-order valence-corrected chi connectivity index (χ4v) is 3.23. The van der Waals surface area contributed by atoms with Crippen LogP contribution in [0, 0.1) is 17.8 Å². The molecule has 0 spiro atoms. The van der Waals surface area contributed by atoms with Crippen LogP contribution in [-0.2, 0) is 16.1 Å². The summed E-state index contributed by atoms with van der Waals surface area (Å²) in [5.74, 6) is -0.311. The number of halogens is 1. The fraction of sp³-hybridized carbons (Fsp3) is 0.385. The average Bonchev–Trinajstić information content (AvgIpc) is 3.03. The van der Waals surface area contributed by atoms with Gasteiger partial charge in [0, 0.05) is 4.47 Å². The molecule has 0 radical (unpaired) electrons. The van der Waals surface area contributed by atoms with Crippen LogP contribution in [-0.4, -0.2) is 23.3 Å². The van der Waals surface area contributed by atoms with E-state index in [4.69, 9.17) is 5.73 Å². The van der Waals surface area contributed by atoms with E-state index in [0.717, 1.165) is 10.0 Å². The van der Waals surface area contributed by atoms with Crippen molar-refractivity contribution in [3.05, 3.63) is 34.3 Å². The number of carbonyl (C=O) groups is 2. The highest BCUT2D eigenvalue weighted by Gasteiger charge is 2.66. The number of carbonyl (C=O) groups excluding carboxylic acids is 2. The van der Waals surface area contributed by atoms with Gasteiger partial charge in [0.15, 0.2) is 0 Å². The first-order valence-corrected chi connectivity index (χ1v) is 6.72. The molecule has 94 valence electrons. The van der Waals surface area contributed by atoms with E-state index in [1.165, 1.54) is 4.90 Å². The second-order valence-corrected chi connectivity index (χ2v) is 5.76. The molecule has 1 aromatic rings. The third kappa shape index (κ3) is 1.69. The molecule has 1 aliphatic heterocycles. The number of piperidine rings is 1. The first kappa shape index (κ1) is 11.9. The molecule has 1 saturated carbocycles. The molecule has 2 atom stereocenters. The second kappa shape index (κ2) is 4.17. The molecule has 18 heavy (non-hydrogen) atoms. The Morgan fingerprint density at radius 1 is 1.22 bits per heavy atom. The van der Waals surface area contributed by atoms with Gasteiger partial charge in [0.1, 0.15) is 0 Å². The Morgan fingerprint density at radius 2 is 1.89 bits per heavy atom. The number of nitrogens with zero attached hydrogens (tertiary/aromatic N) is 1. The molecule has 0 aromatic heterocycles. The summed E-state index contributed by atoms with van der Waals surface area (Å²) in [7, 11) is 0. The molecule has 5 heteroatoms. The zero-order chi connectivity index (χ0) is 12.9. The van der Waals surface area contributed by atoms with Crippen LogP contribution in [0.25, 0.3) is 0 Å². The zero-order valence-corrected chi connectivity index (χ0v) is 11.3. The molecule has 3 rings (SSSR count). The van der Waals surface area contributed by atoms with Crippen LogP contribution in [0.1, 0.15) is 5.56 Å². The van der Waals surface area contributed by atoms with E-state index < -0.39 is 0 Å². The molecule has 0 bridgehead atoms. The smallest absolute Gasteiger partial charge is 0.233 e. The molecular weight excluding hydrogens is 296 g/mol. The van der Waals surface area contributed by atoms with Gasteiger partial charge in [-0.2, -0.15) is 0 Å². The van der Waals surface area contributed by atoms with Crippen LogP contribution in [0.3, 0.4) is 0 Å². The monoisotopic (exact) mass is 308 g/mol. The number of amides is 2. The fourth-order valence-electron chi connectivity index (χ4n) is 2.78. The normalized spacial score (nSPS) is 29.7. The molecule has 2 N–H and O–H groups in total. The van der Waals surface area contributed by atoms with Gasteiger partial charge in [-0.05, 0) is 30.2 Å². The maximum absolute atomic E-state index is 12.1. The van der Waals surface area contributed by atoms with Gasteiger partial charge in [0.25, 0.3) is 0 Å². The maximum Gasteiger partial charge on any atom is 0.233 e. The summed E-state index contributed by atoms with van der Waals surface area (Å²) < 4.78 is 0.948. The largest absolute Gasteiger partial charge is 0.330 e. The van der Waals surface area contributed by atoms with Crippen molar-refractivity contribution in [2.45, 2.75) is 6.54 Å². The van der Waals surface area contributed by atoms with Gasteiger partial charge >= 0.3 is 0 Å². The minimum absolute atomic E-state index is 0.0552. The summed E-state index contributed by atoms with van der Waals surface area (Å²) in [5, 5.41) is 0. The number of fused-ring (bicyclic) bond motifs is 1. The van der Waals surface area contributed by atoms with E-state index in [1.54, 1.807) is 0 Å². The third-order valence-electron chi connectivity index (χ3n) is 3.77. The first-order chi connectivity index (χ1) is 8.63. The van der Waals surface area contributed by atoms with Crippen LogP contribution in [0.4, 0.5) is 0 Å². The minimum Gasteiger partial charge on any atom is -0.330 e. The number of hydrogen-bond donors (Lipinski definition) is 1. The summed E-state index contributed by atoms with van der Waals surface area (Å²) in [4.78, 5) is 25.5. The number of benzene rings is 1. The van der Waals surface area contributed by atoms with Gasteiger partial charge in [0.05, 0.1) is 18.4 Å². The average molecular weight is 309 g/mol. The lowest BCUT2D eigenvalue weighted by atomic mass is 10.2. The van der Waals surface area contributed by atoms with Crippen LogP contribution < -0.4 is 5.73 Å². The summed E-state index contributed by atoms with van der Waals surface area (Å²) in [5.41, 5.74) is 6.49. The Hall–Kier alpha value is -1.20. The van der Waals surface area contributed by atoms with Gasteiger partial charge in [-0.3, -0.25) is 14.5 Å². The summed E-state index contributed by atoms with van der Waals surface area (Å²) in [6.45, 7) is 0.791. The molecule has 2 amide bonds. The molecule has 1 aromatic carbocycles. The molecular formula is C13H13BrN2O2. The molecule has 1 aliphatic carbocycles. The van der Waals surface area contributed by atoms with E-state index in [1.807, 2.05) is 24.3 Å². The van der Waals surface area contributed by atoms with E-state index >= 15 is 0 Å². The summed E-state index contributed by atoms with van der Waals surface area (Å²) in [6.07, 6.45) is 0. The molecule has 2 aliphatic rings. The third-order valence-corrected chi connectivity index (χ3v) is 4.27. The van der Waals surface area contributed by atoms with Crippen LogP contribution in [0.15, 0.2) is 28.7 Å². The minimum atomic E-state index is -0.144. The highest BCUT2D eigenvalue weighted by Crippen LogP contribution is 2.52. The summed E-state index contributed by atoms with van der Waals surface area (Å²) in [6, 6.07) is 7.65. The SMILES string of the molecule is NCC1C2C(=O)N(Cc3cccc(Br)c3)C(=O)C12. The quantitative estimate of drug-likeness (QED) is 0.852. The number of likely N-dealkylation sites (tertiary alicyclic amines) is 1. The topological polar surface area (TPSA) is 63.4 Å². The van der Waals surface area contributed by atoms with E-state index in [9.17, 15) is 9.59 Å². The van der Waals surface area contributed by atoms with Gasteiger partial charge in [-0.1, -0.05) is 28.1 Å². The van der Waals surface area contributed by atoms with E-state index in [0.29, 0.717) is 13.1 Å². The maximum atomic E-state index is 12.1. The predicted octanol–water partition coefficient (Wildman–Crippen LogP) is 1.14. The van der Waals surface area contributed by atoms with Crippen molar-refractivity contribution in [3.63, 3.8) is 0 Å². The van der Waals surface area contributed by atoms with Crippen molar-refractivity contribution >= 4 is 27.7 Å². The number of rotatable bonds is 3. The van der Waals surface area contributed by atoms with Crippen molar-refractivity contribution in [1.29, 1.82) is 0 Å². The lowest BCUT2D eigenvalue weighted by Crippen LogP contribution is -2.35. The Labute approximate surface area is 113 Å². The Balaban J connectivity index is 1.76. The Kier molecular flexibility index (Phi) is 2.75. The highest BCUT2D eigenvalue weighted by molar-refractivity contribution is 9.10. The van der Waals surface area contributed by atoms with Gasteiger partial charge < -0.3 is 5.73 Å². The standard InChI is InChI=1S/C13H13BrN2O2/c14-8-3-1-2-7(4-8)6-16-12(17)10-9(5-15)11(10)13(16)18/h1-4,9-11H,5-6,15H2. The van der Waals surface area contributed by atoms with Crippen LogP contribution in [0.5, 0.6) is 0 Å². The first-order valence-electron chi connectivity index (χ1n) is 5.93. The lowest BCUT2D eigenvalue weighted by Gasteiger charge is -2.18. The second-order valence-electron chi connectivity index (χ2n) is 4.84. The van der Waals surface area contributed by atoms with Crippen molar-refractivity contribution in [2.75, 3.05) is 6.54 Å². The van der Waals surface area contributed by atoms with Crippen LogP contribution in [0.2, 0.25) is 0 Å². The predicted molar refractivity (Wildman–Crippen MR) is 69.2 cm³/mol. The van der Waals surface area contributed by atoms with Crippen molar-refractivity contribution < 1.29 is 9.59 Å². The zero-order valence-electron chi connectivity index (χ0n) is 9.67. The molecule has 2 fully saturated rings. The number of imide groups is 1. The molecule has 4 nitrogen and oxygen atoms in total. The van der Waals surface area contributed by atoms with Gasteiger partial charge in [-0.15, -0.1) is 0 Å². The highest BCUT2D eigenvalue weighted by atomic mass is 79.9.